The lowest BCUT2D eigenvalue weighted by Gasteiger charge is -2.17. The van der Waals surface area contributed by atoms with E-state index in [1.54, 1.807) is 48.3 Å². The predicted octanol–water partition coefficient (Wildman–Crippen LogP) is -0.0223. The average Bonchev–Trinajstić information content (AvgIpc) is 3.37. The summed E-state index contributed by atoms with van der Waals surface area (Å²) in [5.74, 6) is -3.24. The van der Waals surface area contributed by atoms with E-state index in [4.69, 9.17) is 0 Å². The van der Waals surface area contributed by atoms with Crippen molar-refractivity contribution in [2.45, 2.75) is 12.5 Å². The molecule has 0 aliphatic rings. The van der Waals surface area contributed by atoms with E-state index in [1.807, 2.05) is 0 Å². The minimum absolute atomic E-state index is 0.209. The van der Waals surface area contributed by atoms with Gasteiger partial charge in [-0.25, -0.2) is 14.1 Å². The first-order chi connectivity index (χ1) is 15.3. The Morgan fingerprint density at radius 3 is 2.38 bits per heavy atom. The molecule has 32 heavy (non-hydrogen) atoms. The minimum Gasteiger partial charge on any atom is -0.550 e. The van der Waals surface area contributed by atoms with Gasteiger partial charge in [0, 0.05) is 43.0 Å². The van der Waals surface area contributed by atoms with Crippen LogP contribution in [0.25, 0.3) is 34.0 Å². The van der Waals surface area contributed by atoms with E-state index in [9.17, 15) is 24.2 Å². The van der Waals surface area contributed by atoms with Gasteiger partial charge < -0.3 is 24.4 Å². The highest BCUT2D eigenvalue weighted by Gasteiger charge is 2.22. The third kappa shape index (κ3) is 3.95. The molecule has 4 rings (SSSR count). The molecule has 1 aromatic carbocycles. The molecule has 0 fully saturated rings. The summed E-state index contributed by atoms with van der Waals surface area (Å²) in [7, 11) is 1.74. The predicted molar refractivity (Wildman–Crippen MR) is 105 cm³/mol. The van der Waals surface area contributed by atoms with Crippen LogP contribution in [-0.2, 0) is 16.6 Å². The number of aliphatic carboxylic acids is 2. The molecule has 3 heterocycles. The van der Waals surface area contributed by atoms with Gasteiger partial charge in [0.25, 0.3) is 0 Å². The summed E-state index contributed by atoms with van der Waals surface area (Å²) in [6, 6.07) is 7.82. The molecule has 11 heteroatoms. The Hall–Kier alpha value is -4.41. The second-order valence-corrected chi connectivity index (χ2v) is 6.93. The van der Waals surface area contributed by atoms with Crippen LogP contribution < -0.4 is 10.2 Å². The monoisotopic (exact) mass is 434 g/mol. The number of halogens is 1. The van der Waals surface area contributed by atoms with Gasteiger partial charge in [0.05, 0.1) is 29.6 Å². The maximum absolute atomic E-state index is 13.5. The van der Waals surface area contributed by atoms with E-state index < -0.39 is 24.4 Å². The molecular formula is C21H15FN6O4-2. The maximum atomic E-state index is 13.5. The molecule has 0 N–H and O–H groups in total. The van der Waals surface area contributed by atoms with E-state index >= 15 is 0 Å². The topological polar surface area (TPSA) is 142 Å². The first-order valence-corrected chi connectivity index (χ1v) is 9.41. The van der Waals surface area contributed by atoms with Gasteiger partial charge in [0.1, 0.15) is 11.5 Å². The molecule has 0 bridgehead atoms. The normalized spacial score (nSPS) is 11.9. The minimum atomic E-state index is -1.63. The van der Waals surface area contributed by atoms with Crippen LogP contribution in [0, 0.1) is 5.82 Å². The third-order valence-corrected chi connectivity index (χ3v) is 4.86. The Bertz CT molecular complexity index is 1280. The van der Waals surface area contributed by atoms with Crippen molar-refractivity contribution in [3.63, 3.8) is 0 Å². The zero-order chi connectivity index (χ0) is 22.8. The first kappa shape index (κ1) is 20.8. The van der Waals surface area contributed by atoms with Gasteiger partial charge in [-0.2, -0.15) is 0 Å². The van der Waals surface area contributed by atoms with Crippen molar-refractivity contribution in [2.75, 3.05) is 0 Å². The molecule has 0 unspecified atom stereocenters. The molecule has 0 amide bonds. The number of carboxylic acid groups (broad SMARTS) is 2. The number of carbonyl (C=O) groups excluding carboxylic acids is 2. The fourth-order valence-electron chi connectivity index (χ4n) is 3.35. The van der Waals surface area contributed by atoms with Crippen LogP contribution in [0.1, 0.15) is 12.5 Å². The summed E-state index contributed by atoms with van der Waals surface area (Å²) in [6.45, 7) is 0. The van der Waals surface area contributed by atoms with Crippen LogP contribution in [0.5, 0.6) is 0 Å². The fourth-order valence-corrected chi connectivity index (χ4v) is 3.35. The zero-order valence-corrected chi connectivity index (χ0v) is 16.7. The van der Waals surface area contributed by atoms with E-state index in [-0.39, 0.29) is 11.5 Å². The highest BCUT2D eigenvalue weighted by atomic mass is 19.1. The number of aromatic nitrogens is 6. The second kappa shape index (κ2) is 8.38. The Balaban J connectivity index is 1.84. The molecule has 162 valence electrons. The van der Waals surface area contributed by atoms with Gasteiger partial charge in [-0.1, -0.05) is 5.21 Å². The van der Waals surface area contributed by atoms with Crippen molar-refractivity contribution in [1.82, 2.24) is 29.5 Å². The number of imidazole rings is 1. The molecule has 0 aliphatic heterocycles. The molecule has 0 aliphatic carbocycles. The summed E-state index contributed by atoms with van der Waals surface area (Å²) in [5, 5.41) is 30.0. The van der Waals surface area contributed by atoms with Crippen LogP contribution in [0.4, 0.5) is 4.39 Å². The standard InChI is InChI=1S/C21H17FN6O4/c1-27-19(13-6-8-23-9-7-13)18(12-2-4-14(22)5-3-12)24-20(27)15-11-28(26-25-15)16(21(31)32)10-17(29)30/h2-9,11,16H,10H2,1H3,(H,29,30)(H,31,32)/p-2/t16-/m0/s1. The van der Waals surface area contributed by atoms with Gasteiger partial charge in [0.15, 0.2) is 5.82 Å². The lowest BCUT2D eigenvalue weighted by Crippen LogP contribution is -2.38. The Kier molecular flexibility index (Phi) is 5.46. The van der Waals surface area contributed by atoms with Crippen LogP contribution in [0.15, 0.2) is 55.0 Å². The molecule has 3 aromatic heterocycles. The average molecular weight is 434 g/mol. The smallest absolute Gasteiger partial charge is 0.163 e. The number of hydrogen-bond acceptors (Lipinski definition) is 8. The van der Waals surface area contributed by atoms with Gasteiger partial charge >= 0.3 is 0 Å². The number of carboxylic acids is 2. The lowest BCUT2D eigenvalue weighted by molar-refractivity contribution is -0.319. The Labute approximate surface area is 180 Å². The van der Waals surface area contributed by atoms with Crippen LogP contribution >= 0.6 is 0 Å². The van der Waals surface area contributed by atoms with Crippen LogP contribution in [0.2, 0.25) is 0 Å². The highest BCUT2D eigenvalue weighted by Crippen LogP contribution is 2.35. The zero-order valence-electron chi connectivity index (χ0n) is 16.7. The largest absolute Gasteiger partial charge is 0.550 e. The SMILES string of the molecule is Cn1c(-c2cn([C@@H](CC(=O)[O-])C(=O)[O-])nn2)nc(-c2ccc(F)cc2)c1-c1ccncc1. The molecule has 0 saturated heterocycles. The Morgan fingerprint density at radius 2 is 1.75 bits per heavy atom. The molecule has 10 nitrogen and oxygen atoms in total. The summed E-state index contributed by atoms with van der Waals surface area (Å²) < 4.78 is 16.1. The van der Waals surface area contributed by atoms with Crippen molar-refractivity contribution in [3.05, 3.63) is 60.8 Å². The molecule has 0 spiro atoms. The number of hydrogen-bond donors (Lipinski definition) is 0. The van der Waals surface area contributed by atoms with Crippen LogP contribution in [-0.4, -0.2) is 41.5 Å². The summed E-state index contributed by atoms with van der Waals surface area (Å²) in [4.78, 5) is 30.9. The van der Waals surface area contributed by atoms with E-state index in [0.29, 0.717) is 22.8 Å². The molecule has 0 saturated carbocycles. The number of nitrogens with zero attached hydrogens (tertiary/aromatic N) is 6. The van der Waals surface area contributed by atoms with Crippen LogP contribution in [0.3, 0.4) is 0 Å². The Morgan fingerprint density at radius 1 is 1.06 bits per heavy atom. The molecule has 0 radical (unpaired) electrons. The summed E-state index contributed by atoms with van der Waals surface area (Å²) in [6.07, 6.45) is 3.69. The quantitative estimate of drug-likeness (QED) is 0.395. The maximum Gasteiger partial charge on any atom is 0.163 e. The van der Waals surface area contributed by atoms with Gasteiger partial charge in [0.2, 0.25) is 0 Å². The third-order valence-electron chi connectivity index (χ3n) is 4.86. The molecule has 1 atom stereocenters. The number of pyridine rings is 1. The molecule has 4 aromatic rings. The number of benzene rings is 1. The van der Waals surface area contributed by atoms with Gasteiger partial charge in [-0.05, 0) is 36.4 Å². The summed E-state index contributed by atoms with van der Waals surface area (Å²) in [5.41, 5.74) is 2.87. The van der Waals surface area contributed by atoms with Crippen molar-refractivity contribution in [3.8, 4) is 34.0 Å². The van der Waals surface area contributed by atoms with Crippen molar-refractivity contribution >= 4 is 11.9 Å². The number of carbonyl (C=O) groups is 2. The van der Waals surface area contributed by atoms with Gasteiger partial charge in [-0.15, -0.1) is 5.10 Å². The van der Waals surface area contributed by atoms with Crippen molar-refractivity contribution < 1.29 is 24.2 Å². The van der Waals surface area contributed by atoms with Gasteiger partial charge in [-0.3, -0.25) is 4.98 Å². The fraction of sp³-hybridized carbons (Fsp3) is 0.143. The van der Waals surface area contributed by atoms with E-state index in [0.717, 1.165) is 10.2 Å². The second-order valence-electron chi connectivity index (χ2n) is 6.93. The van der Waals surface area contributed by atoms with Crippen molar-refractivity contribution in [1.29, 1.82) is 0 Å². The summed E-state index contributed by atoms with van der Waals surface area (Å²) >= 11 is 0. The lowest BCUT2D eigenvalue weighted by atomic mass is 10.1. The van der Waals surface area contributed by atoms with E-state index in [1.165, 1.54) is 18.3 Å². The molecular weight excluding hydrogens is 419 g/mol. The highest BCUT2D eigenvalue weighted by molar-refractivity contribution is 5.81. The van der Waals surface area contributed by atoms with E-state index in [2.05, 4.69) is 20.3 Å². The van der Waals surface area contributed by atoms with Crippen molar-refractivity contribution in [2.24, 2.45) is 7.05 Å². The number of rotatable bonds is 7. The first-order valence-electron chi connectivity index (χ1n) is 9.41.